The quantitative estimate of drug-likeness (QED) is 0.589. The topological polar surface area (TPSA) is 52.0 Å². The van der Waals surface area contributed by atoms with E-state index in [0.29, 0.717) is 5.56 Å². The maximum atomic E-state index is 13.1. The highest BCUT2D eigenvalue weighted by atomic mass is 79.9. The van der Waals surface area contributed by atoms with E-state index in [9.17, 15) is 4.39 Å². The molecule has 0 spiro atoms. The molecule has 0 amide bonds. The number of nitrogen functional groups attached to an aromatic ring is 1. The Kier molecular flexibility index (Phi) is 2.64. The van der Waals surface area contributed by atoms with Crippen LogP contribution in [0.2, 0.25) is 0 Å². The molecule has 0 aliphatic rings. The molecule has 0 fully saturated rings. The third-order valence-electron chi connectivity index (χ3n) is 1.38. The zero-order valence-electron chi connectivity index (χ0n) is 5.97. The van der Waals surface area contributed by atoms with Crippen molar-refractivity contribution in [2.24, 2.45) is 5.73 Å². The van der Waals surface area contributed by atoms with Crippen molar-refractivity contribution in [1.82, 2.24) is 0 Å². The molecule has 0 atom stereocenters. The fourth-order valence-corrected chi connectivity index (χ4v) is 1.63. The van der Waals surface area contributed by atoms with Crippen LogP contribution in [-0.2, 0) is 0 Å². The first-order valence-corrected chi connectivity index (χ1v) is 4.27. The number of hydrogen-bond acceptors (Lipinski definition) is 2. The second kappa shape index (κ2) is 3.37. The van der Waals surface area contributed by atoms with Crippen LogP contribution in [0.5, 0.6) is 0 Å². The van der Waals surface area contributed by atoms with Gasteiger partial charge < -0.3 is 11.5 Å². The molecule has 0 heterocycles. The Morgan fingerprint density at radius 1 is 1.50 bits per heavy atom. The molecule has 0 aromatic heterocycles. The molecule has 0 unspecified atom stereocenters. The van der Waals surface area contributed by atoms with Crippen molar-refractivity contribution in [3.8, 4) is 0 Å². The summed E-state index contributed by atoms with van der Waals surface area (Å²) in [5, 5.41) is 0. The molecule has 0 saturated carbocycles. The summed E-state index contributed by atoms with van der Waals surface area (Å²) in [4.78, 5) is 0.140. The number of hydrogen-bond donors (Lipinski definition) is 2. The van der Waals surface area contributed by atoms with E-state index in [1.54, 1.807) is 6.07 Å². The van der Waals surface area contributed by atoms with E-state index in [2.05, 4.69) is 15.9 Å². The van der Waals surface area contributed by atoms with Gasteiger partial charge in [0.05, 0.1) is 10.2 Å². The van der Waals surface area contributed by atoms with Gasteiger partial charge in [-0.1, -0.05) is 12.2 Å². The molecular weight excluding hydrogens is 243 g/mol. The van der Waals surface area contributed by atoms with E-state index >= 15 is 0 Å². The minimum Gasteiger partial charge on any atom is -0.396 e. The summed E-state index contributed by atoms with van der Waals surface area (Å²) in [7, 11) is 0. The fraction of sp³-hybridized carbons (Fsp3) is 0. The molecule has 0 radical (unpaired) electrons. The van der Waals surface area contributed by atoms with Gasteiger partial charge in [-0.05, 0) is 28.1 Å². The second-order valence-corrected chi connectivity index (χ2v) is 3.43. The predicted octanol–water partition coefficient (Wildman–Crippen LogP) is 1.80. The molecule has 2 nitrogen and oxygen atoms in total. The summed E-state index contributed by atoms with van der Waals surface area (Å²) in [5.41, 5.74) is 11.2. The smallest absolute Gasteiger partial charge is 0.160 e. The maximum absolute atomic E-state index is 13.1. The Balaban J connectivity index is 3.36. The lowest BCUT2D eigenvalue weighted by Crippen LogP contribution is -2.11. The third-order valence-corrected chi connectivity index (χ3v) is 2.37. The van der Waals surface area contributed by atoms with Crippen LogP contribution in [0.3, 0.4) is 0 Å². The van der Waals surface area contributed by atoms with Gasteiger partial charge >= 0.3 is 0 Å². The maximum Gasteiger partial charge on any atom is 0.160 e. The Hall–Kier alpha value is -0.680. The van der Waals surface area contributed by atoms with Crippen molar-refractivity contribution in [3.05, 3.63) is 28.0 Å². The fourth-order valence-electron chi connectivity index (χ4n) is 0.755. The lowest BCUT2D eigenvalue weighted by atomic mass is 10.2. The third kappa shape index (κ3) is 1.56. The van der Waals surface area contributed by atoms with Crippen molar-refractivity contribution < 1.29 is 4.39 Å². The molecule has 0 aliphatic carbocycles. The minimum atomic E-state index is -0.527. The first-order valence-electron chi connectivity index (χ1n) is 3.07. The van der Waals surface area contributed by atoms with Crippen molar-refractivity contribution in [2.45, 2.75) is 0 Å². The van der Waals surface area contributed by atoms with Crippen LogP contribution in [0.15, 0.2) is 16.6 Å². The lowest BCUT2D eigenvalue weighted by Gasteiger charge is -2.04. The van der Waals surface area contributed by atoms with Gasteiger partial charge in [0.1, 0.15) is 4.99 Å². The molecule has 1 aromatic rings. The summed E-state index contributed by atoms with van der Waals surface area (Å²) in [6.45, 7) is 0. The molecule has 64 valence electrons. The molecule has 0 bridgehead atoms. The Morgan fingerprint density at radius 3 is 2.58 bits per heavy atom. The summed E-state index contributed by atoms with van der Waals surface area (Å²) in [6, 6.07) is 3.00. The van der Waals surface area contributed by atoms with Gasteiger partial charge in [-0.2, -0.15) is 0 Å². The first kappa shape index (κ1) is 9.41. The highest BCUT2D eigenvalue weighted by Gasteiger charge is 2.10. The SMILES string of the molecule is NC(=S)c1ccc(N)c(F)c1Br. The monoisotopic (exact) mass is 248 g/mol. The molecular formula is C7H6BrFN2S. The summed E-state index contributed by atoms with van der Waals surface area (Å²) >= 11 is 7.70. The Morgan fingerprint density at radius 2 is 2.08 bits per heavy atom. The highest BCUT2D eigenvalue weighted by molar-refractivity contribution is 9.10. The number of benzene rings is 1. The van der Waals surface area contributed by atoms with Crippen LogP contribution < -0.4 is 11.5 Å². The van der Waals surface area contributed by atoms with E-state index in [0.717, 1.165) is 0 Å². The summed E-state index contributed by atoms with van der Waals surface area (Å²) < 4.78 is 13.3. The average Bonchev–Trinajstić information content (AvgIpc) is 2.00. The van der Waals surface area contributed by atoms with E-state index in [1.807, 2.05) is 0 Å². The zero-order valence-corrected chi connectivity index (χ0v) is 8.38. The summed E-state index contributed by atoms with van der Waals surface area (Å²) in [5.74, 6) is -0.527. The standard InChI is InChI=1S/C7H6BrFN2S/c8-5-3(7(11)12)1-2-4(10)6(5)9/h1-2H,10H2,(H2,11,12). The summed E-state index contributed by atoms with van der Waals surface area (Å²) in [6.07, 6.45) is 0. The van der Waals surface area contributed by atoms with Crippen molar-refractivity contribution in [2.75, 3.05) is 5.73 Å². The van der Waals surface area contributed by atoms with Crippen LogP contribution in [0, 0.1) is 5.82 Å². The lowest BCUT2D eigenvalue weighted by molar-refractivity contribution is 0.625. The van der Waals surface area contributed by atoms with Gasteiger partial charge in [0.2, 0.25) is 0 Å². The van der Waals surface area contributed by atoms with Gasteiger partial charge in [0.15, 0.2) is 5.82 Å². The Bertz CT molecular complexity index is 340. The van der Waals surface area contributed by atoms with Crippen LogP contribution in [0.25, 0.3) is 0 Å². The van der Waals surface area contributed by atoms with Crippen LogP contribution in [0.1, 0.15) is 5.56 Å². The molecule has 0 saturated heterocycles. The number of halogens is 2. The number of nitrogens with two attached hydrogens (primary N) is 2. The average molecular weight is 249 g/mol. The number of thiocarbonyl (C=S) groups is 1. The van der Waals surface area contributed by atoms with Gasteiger partial charge in [-0.3, -0.25) is 0 Å². The predicted molar refractivity (Wildman–Crippen MR) is 54.4 cm³/mol. The highest BCUT2D eigenvalue weighted by Crippen LogP contribution is 2.24. The molecule has 12 heavy (non-hydrogen) atoms. The van der Waals surface area contributed by atoms with Gasteiger partial charge in [0.25, 0.3) is 0 Å². The van der Waals surface area contributed by atoms with E-state index in [1.165, 1.54) is 6.07 Å². The van der Waals surface area contributed by atoms with Gasteiger partial charge in [0, 0.05) is 5.56 Å². The van der Waals surface area contributed by atoms with Crippen LogP contribution in [-0.4, -0.2) is 4.99 Å². The largest absolute Gasteiger partial charge is 0.396 e. The van der Waals surface area contributed by atoms with Gasteiger partial charge in [-0.15, -0.1) is 0 Å². The molecule has 1 rings (SSSR count). The minimum absolute atomic E-state index is 0.0712. The molecule has 5 heteroatoms. The van der Waals surface area contributed by atoms with Crippen molar-refractivity contribution >= 4 is 38.8 Å². The van der Waals surface area contributed by atoms with E-state index < -0.39 is 5.82 Å². The number of rotatable bonds is 1. The van der Waals surface area contributed by atoms with Crippen LogP contribution >= 0.6 is 28.1 Å². The number of anilines is 1. The van der Waals surface area contributed by atoms with E-state index in [4.69, 9.17) is 23.7 Å². The van der Waals surface area contributed by atoms with Crippen molar-refractivity contribution in [1.29, 1.82) is 0 Å². The van der Waals surface area contributed by atoms with E-state index in [-0.39, 0.29) is 15.1 Å². The van der Waals surface area contributed by atoms with Crippen LogP contribution in [0.4, 0.5) is 10.1 Å². The second-order valence-electron chi connectivity index (χ2n) is 2.19. The zero-order chi connectivity index (χ0) is 9.30. The van der Waals surface area contributed by atoms with Crippen molar-refractivity contribution in [3.63, 3.8) is 0 Å². The molecule has 0 aliphatic heterocycles. The molecule has 4 N–H and O–H groups in total. The normalized spacial score (nSPS) is 9.83. The van der Waals surface area contributed by atoms with Gasteiger partial charge in [-0.25, -0.2) is 4.39 Å². The molecule has 1 aromatic carbocycles. The first-order chi connectivity index (χ1) is 5.54. The Labute approximate surface area is 82.9 Å².